The van der Waals surface area contributed by atoms with Crippen molar-refractivity contribution in [2.24, 2.45) is 10.8 Å². The molecule has 0 spiro atoms. The van der Waals surface area contributed by atoms with Gasteiger partial charge in [-0.3, -0.25) is 10.2 Å². The van der Waals surface area contributed by atoms with Crippen LogP contribution < -0.4 is 21.2 Å². The van der Waals surface area contributed by atoms with Crippen LogP contribution in [-0.2, 0) is 17.9 Å². The van der Waals surface area contributed by atoms with E-state index in [0.717, 1.165) is 5.56 Å². The van der Waals surface area contributed by atoms with Gasteiger partial charge in [-0.25, -0.2) is 4.68 Å². The number of halogens is 1. The summed E-state index contributed by atoms with van der Waals surface area (Å²) in [5.41, 5.74) is 9.83. The van der Waals surface area contributed by atoms with Crippen LogP contribution in [-0.4, -0.2) is 32.2 Å². The van der Waals surface area contributed by atoms with Gasteiger partial charge in [0.2, 0.25) is 5.91 Å². The Bertz CT molecular complexity index is 1050. The van der Waals surface area contributed by atoms with E-state index in [1.165, 1.54) is 4.68 Å². The molecule has 4 N–H and O–H groups in total. The van der Waals surface area contributed by atoms with E-state index in [4.69, 9.17) is 22.1 Å². The van der Waals surface area contributed by atoms with Crippen LogP contribution in [0.2, 0.25) is 5.02 Å². The summed E-state index contributed by atoms with van der Waals surface area (Å²) in [6, 6.07) is 14.2. The summed E-state index contributed by atoms with van der Waals surface area (Å²) < 4.78 is 7.12. The van der Waals surface area contributed by atoms with E-state index in [1.54, 1.807) is 48.8 Å². The van der Waals surface area contributed by atoms with E-state index in [0.29, 0.717) is 22.2 Å². The number of ether oxygens (including phenoxy) is 1. The lowest BCUT2D eigenvalue weighted by atomic mass is 10.2. The number of carbonyl (C=O) groups is 1. The molecule has 30 heavy (non-hydrogen) atoms. The van der Waals surface area contributed by atoms with Gasteiger partial charge in [0.25, 0.3) is 0 Å². The predicted molar refractivity (Wildman–Crippen MR) is 118 cm³/mol. The first-order valence-corrected chi connectivity index (χ1v) is 9.52. The minimum atomic E-state index is -0.239. The normalized spacial score (nSPS) is 10.7. The van der Waals surface area contributed by atoms with E-state index >= 15 is 0 Å². The Morgan fingerprint density at radius 1 is 1.30 bits per heavy atom. The van der Waals surface area contributed by atoms with Crippen LogP contribution in [0, 0.1) is 0 Å². The Balaban J connectivity index is 1.47. The van der Waals surface area contributed by atoms with E-state index < -0.39 is 0 Å². The van der Waals surface area contributed by atoms with E-state index in [-0.39, 0.29) is 24.2 Å². The third-order valence-corrected chi connectivity index (χ3v) is 3.98. The molecule has 0 bridgehead atoms. The summed E-state index contributed by atoms with van der Waals surface area (Å²) >= 11 is 10.6. The second-order valence-corrected chi connectivity index (χ2v) is 6.93. The summed E-state index contributed by atoms with van der Waals surface area (Å²) in [6.45, 7) is 0.236. The topological polar surface area (TPSA) is 119 Å². The number of amides is 1. The zero-order chi connectivity index (χ0) is 21.3. The second kappa shape index (κ2) is 10.3. The van der Waals surface area contributed by atoms with Crippen LogP contribution in [0.25, 0.3) is 0 Å². The molecule has 9 nitrogen and oxygen atoms in total. The molecule has 0 saturated carbocycles. The highest BCUT2D eigenvalue weighted by Gasteiger charge is 2.08. The highest BCUT2D eigenvalue weighted by molar-refractivity contribution is 7.80. The second-order valence-electron chi connectivity index (χ2n) is 6.06. The predicted octanol–water partition coefficient (Wildman–Crippen LogP) is 2.32. The van der Waals surface area contributed by atoms with Gasteiger partial charge in [-0.1, -0.05) is 22.9 Å². The van der Waals surface area contributed by atoms with Gasteiger partial charge in [0.05, 0.1) is 12.4 Å². The molecule has 0 unspecified atom stereocenters. The number of benzene rings is 2. The van der Waals surface area contributed by atoms with Gasteiger partial charge in [-0.15, -0.1) is 5.10 Å². The lowest BCUT2D eigenvalue weighted by Crippen LogP contribution is -2.23. The molecule has 2 aromatic carbocycles. The van der Waals surface area contributed by atoms with Crippen LogP contribution in [0.4, 0.5) is 5.69 Å². The number of rotatable bonds is 8. The number of nitrogens with one attached hydrogen (secondary N) is 2. The van der Waals surface area contributed by atoms with Crippen LogP contribution in [0.15, 0.2) is 59.8 Å². The van der Waals surface area contributed by atoms with E-state index in [2.05, 4.69) is 38.4 Å². The summed E-state index contributed by atoms with van der Waals surface area (Å²) in [4.78, 5) is 12.1. The lowest BCUT2D eigenvalue weighted by Gasteiger charge is -2.05. The number of nitrogens with zero attached hydrogens (tertiary/aromatic N) is 4. The smallest absolute Gasteiger partial charge is 0.246 e. The van der Waals surface area contributed by atoms with Gasteiger partial charge in [-0.05, 0) is 60.2 Å². The Kier molecular flexibility index (Phi) is 7.30. The molecule has 0 aliphatic heterocycles. The van der Waals surface area contributed by atoms with Crippen LogP contribution >= 0.6 is 23.8 Å². The van der Waals surface area contributed by atoms with Crippen molar-refractivity contribution >= 4 is 46.7 Å². The fourth-order valence-corrected chi connectivity index (χ4v) is 2.62. The van der Waals surface area contributed by atoms with Crippen molar-refractivity contribution in [1.82, 2.24) is 20.4 Å². The third kappa shape index (κ3) is 6.83. The molecule has 0 aliphatic rings. The van der Waals surface area contributed by atoms with Gasteiger partial charge < -0.3 is 15.8 Å². The molecule has 0 saturated heterocycles. The summed E-state index contributed by atoms with van der Waals surface area (Å²) in [5.74, 6) is 0.416. The van der Waals surface area contributed by atoms with Gasteiger partial charge in [0, 0.05) is 10.7 Å². The molecular weight excluding hydrogens is 426 g/mol. The van der Waals surface area contributed by atoms with Crippen LogP contribution in [0.3, 0.4) is 0 Å². The van der Waals surface area contributed by atoms with Gasteiger partial charge in [0.1, 0.15) is 24.6 Å². The van der Waals surface area contributed by atoms with E-state index in [9.17, 15) is 4.79 Å². The SMILES string of the molecule is NC(=S)N/N=C/c1ccc(OCc2cn(CC(=O)Nc3cccc(Cl)c3)nn2)cc1. The molecule has 3 rings (SSSR count). The molecule has 1 heterocycles. The number of thiocarbonyl (C=S) groups is 1. The number of hydrogen-bond acceptors (Lipinski definition) is 6. The molecule has 11 heteroatoms. The molecule has 3 aromatic rings. The van der Waals surface area contributed by atoms with Crippen molar-refractivity contribution in [3.63, 3.8) is 0 Å². The zero-order valence-electron chi connectivity index (χ0n) is 15.7. The first-order valence-electron chi connectivity index (χ1n) is 8.74. The number of aromatic nitrogens is 3. The molecule has 0 radical (unpaired) electrons. The highest BCUT2D eigenvalue weighted by Crippen LogP contribution is 2.15. The van der Waals surface area contributed by atoms with Crippen molar-refractivity contribution in [3.05, 3.63) is 71.0 Å². The summed E-state index contributed by atoms with van der Waals surface area (Å²) in [6.07, 6.45) is 3.24. The first kappa shape index (κ1) is 21.2. The Morgan fingerprint density at radius 2 is 2.10 bits per heavy atom. The third-order valence-electron chi connectivity index (χ3n) is 3.66. The summed E-state index contributed by atoms with van der Waals surface area (Å²) in [5, 5.41) is 15.2. The number of carbonyl (C=O) groups excluding carboxylic acids is 1. The number of anilines is 1. The largest absolute Gasteiger partial charge is 0.487 e. The number of nitrogens with two attached hydrogens (primary N) is 1. The molecule has 1 aromatic heterocycles. The van der Waals surface area contributed by atoms with Gasteiger partial charge in [-0.2, -0.15) is 5.10 Å². The summed E-state index contributed by atoms with van der Waals surface area (Å²) in [7, 11) is 0. The minimum Gasteiger partial charge on any atom is -0.487 e. The maximum absolute atomic E-state index is 12.1. The minimum absolute atomic E-state index is 0.0216. The van der Waals surface area contributed by atoms with Gasteiger partial charge in [0.15, 0.2) is 5.11 Å². The maximum atomic E-state index is 12.1. The fourth-order valence-electron chi connectivity index (χ4n) is 2.37. The van der Waals surface area contributed by atoms with Crippen molar-refractivity contribution < 1.29 is 9.53 Å². The van der Waals surface area contributed by atoms with Crippen LogP contribution in [0.1, 0.15) is 11.3 Å². The Labute approximate surface area is 182 Å². The van der Waals surface area contributed by atoms with Crippen molar-refractivity contribution in [3.8, 4) is 5.75 Å². The molecule has 1 amide bonds. The number of hydrogen-bond donors (Lipinski definition) is 3. The average Bonchev–Trinajstić information content (AvgIpc) is 3.14. The average molecular weight is 444 g/mol. The Morgan fingerprint density at radius 3 is 2.83 bits per heavy atom. The van der Waals surface area contributed by atoms with Crippen LogP contribution in [0.5, 0.6) is 5.75 Å². The Hall–Kier alpha value is -3.50. The fraction of sp³-hybridized carbons (Fsp3) is 0.105. The maximum Gasteiger partial charge on any atom is 0.246 e. The number of hydrazone groups is 1. The standard InChI is InChI=1S/C19H18ClN7O2S/c20-14-2-1-3-15(8-14)23-18(28)11-27-10-16(24-26-27)12-29-17-6-4-13(5-7-17)9-22-25-19(21)30/h1-10H,11-12H2,(H,23,28)(H3,21,25,30)/b22-9+. The van der Waals surface area contributed by atoms with Crippen molar-refractivity contribution in [2.75, 3.05) is 5.32 Å². The highest BCUT2D eigenvalue weighted by atomic mass is 35.5. The van der Waals surface area contributed by atoms with Gasteiger partial charge >= 0.3 is 0 Å². The van der Waals surface area contributed by atoms with Crippen molar-refractivity contribution in [2.45, 2.75) is 13.2 Å². The molecule has 154 valence electrons. The quantitative estimate of drug-likeness (QED) is 0.277. The molecule has 0 aliphatic carbocycles. The molecule has 0 atom stereocenters. The lowest BCUT2D eigenvalue weighted by molar-refractivity contribution is -0.116. The van der Waals surface area contributed by atoms with Crippen molar-refractivity contribution in [1.29, 1.82) is 0 Å². The molecule has 0 fully saturated rings. The monoisotopic (exact) mass is 443 g/mol. The first-order chi connectivity index (χ1) is 14.5. The molecular formula is C19H18ClN7O2S. The zero-order valence-corrected chi connectivity index (χ0v) is 17.2. The van der Waals surface area contributed by atoms with E-state index in [1.807, 2.05) is 12.1 Å².